The van der Waals surface area contributed by atoms with Crippen LogP contribution in [-0.4, -0.2) is 25.8 Å². The van der Waals surface area contributed by atoms with Gasteiger partial charge in [-0.15, -0.1) is 11.3 Å². The Morgan fingerprint density at radius 1 is 1.18 bits per heavy atom. The average molecular weight is 335 g/mol. The van der Waals surface area contributed by atoms with Gasteiger partial charge in [0.1, 0.15) is 4.21 Å². The van der Waals surface area contributed by atoms with Crippen molar-refractivity contribution in [2.45, 2.75) is 23.1 Å². The molecule has 2 N–H and O–H groups in total. The SMILES string of the molecule is NCc1ccc(S(=O)(=O)N2C[CH]C[C@@H](c3ccccc3)C2)s1. The van der Waals surface area contributed by atoms with Crippen LogP contribution in [0.4, 0.5) is 0 Å². The van der Waals surface area contributed by atoms with Crippen LogP contribution in [0, 0.1) is 6.42 Å². The zero-order valence-corrected chi connectivity index (χ0v) is 13.8. The molecule has 22 heavy (non-hydrogen) atoms. The van der Waals surface area contributed by atoms with Gasteiger partial charge in [-0.3, -0.25) is 0 Å². The van der Waals surface area contributed by atoms with Crippen LogP contribution in [0.3, 0.4) is 0 Å². The van der Waals surface area contributed by atoms with E-state index in [1.54, 1.807) is 16.4 Å². The Morgan fingerprint density at radius 3 is 2.64 bits per heavy atom. The molecule has 0 bridgehead atoms. The summed E-state index contributed by atoms with van der Waals surface area (Å²) in [6, 6.07) is 13.5. The molecule has 0 amide bonds. The zero-order valence-electron chi connectivity index (χ0n) is 12.2. The zero-order chi connectivity index (χ0) is 15.6. The molecule has 117 valence electrons. The number of nitrogens with two attached hydrogens (primary N) is 1. The van der Waals surface area contributed by atoms with Gasteiger partial charge in [0.2, 0.25) is 0 Å². The molecule has 1 radical (unpaired) electrons. The number of nitrogens with zero attached hydrogens (tertiary/aromatic N) is 1. The predicted molar refractivity (Wildman–Crippen MR) is 89.1 cm³/mol. The first-order chi connectivity index (χ1) is 10.6. The van der Waals surface area contributed by atoms with Crippen LogP contribution in [0.2, 0.25) is 0 Å². The molecule has 1 aromatic heterocycles. The quantitative estimate of drug-likeness (QED) is 0.934. The topological polar surface area (TPSA) is 63.4 Å². The molecule has 1 aliphatic rings. The highest BCUT2D eigenvalue weighted by molar-refractivity contribution is 7.91. The number of hydrogen-bond acceptors (Lipinski definition) is 4. The molecule has 1 aliphatic heterocycles. The van der Waals surface area contributed by atoms with Crippen LogP contribution >= 0.6 is 11.3 Å². The van der Waals surface area contributed by atoms with E-state index in [2.05, 4.69) is 18.6 Å². The summed E-state index contributed by atoms with van der Waals surface area (Å²) in [5, 5.41) is 0. The maximum Gasteiger partial charge on any atom is 0.252 e. The van der Waals surface area contributed by atoms with Gasteiger partial charge in [0, 0.05) is 24.5 Å². The second-order valence-electron chi connectivity index (χ2n) is 5.38. The van der Waals surface area contributed by atoms with Crippen molar-refractivity contribution < 1.29 is 8.42 Å². The second kappa shape index (κ2) is 6.50. The van der Waals surface area contributed by atoms with Crippen LogP contribution in [0.1, 0.15) is 22.8 Å². The Morgan fingerprint density at radius 2 is 1.95 bits per heavy atom. The molecule has 3 rings (SSSR count). The molecule has 1 atom stereocenters. The van der Waals surface area contributed by atoms with E-state index < -0.39 is 10.0 Å². The summed E-state index contributed by atoms with van der Waals surface area (Å²) in [4.78, 5) is 0.888. The molecule has 4 nitrogen and oxygen atoms in total. The molecular formula is C16H19N2O2S2. The van der Waals surface area contributed by atoms with Gasteiger partial charge < -0.3 is 5.73 Å². The van der Waals surface area contributed by atoms with Crippen LogP contribution in [-0.2, 0) is 16.6 Å². The maximum absolute atomic E-state index is 12.8. The largest absolute Gasteiger partial charge is 0.326 e. The minimum Gasteiger partial charge on any atom is -0.326 e. The van der Waals surface area contributed by atoms with E-state index >= 15 is 0 Å². The fourth-order valence-electron chi connectivity index (χ4n) is 2.71. The molecule has 0 spiro atoms. The summed E-state index contributed by atoms with van der Waals surface area (Å²) in [5.74, 6) is 0.221. The second-order valence-corrected chi connectivity index (χ2v) is 8.71. The minimum atomic E-state index is -3.43. The molecule has 1 aromatic carbocycles. The molecule has 1 saturated heterocycles. The van der Waals surface area contributed by atoms with Crippen molar-refractivity contribution in [1.29, 1.82) is 0 Å². The number of rotatable bonds is 4. The normalized spacial score (nSPS) is 20.1. The van der Waals surface area contributed by atoms with Crippen molar-refractivity contribution in [3.8, 4) is 0 Å². The monoisotopic (exact) mass is 335 g/mol. The van der Waals surface area contributed by atoms with Crippen molar-refractivity contribution >= 4 is 21.4 Å². The van der Waals surface area contributed by atoms with Crippen LogP contribution in [0.5, 0.6) is 0 Å². The van der Waals surface area contributed by atoms with E-state index in [0.717, 1.165) is 11.3 Å². The molecule has 1 fully saturated rings. The highest BCUT2D eigenvalue weighted by atomic mass is 32.2. The summed E-state index contributed by atoms with van der Waals surface area (Å²) < 4.78 is 27.5. The Labute approximate surface area is 135 Å². The molecular weight excluding hydrogens is 316 g/mol. The number of sulfonamides is 1. The van der Waals surface area contributed by atoms with Crippen LogP contribution in [0.25, 0.3) is 0 Å². The Hall–Kier alpha value is -1.21. The third kappa shape index (κ3) is 3.10. The lowest BCUT2D eigenvalue weighted by Gasteiger charge is -2.31. The van der Waals surface area contributed by atoms with E-state index in [4.69, 9.17) is 5.73 Å². The summed E-state index contributed by atoms with van der Waals surface area (Å²) in [7, 11) is -3.43. The number of piperidine rings is 1. The van der Waals surface area contributed by atoms with E-state index in [1.165, 1.54) is 16.9 Å². The minimum absolute atomic E-state index is 0.221. The first-order valence-electron chi connectivity index (χ1n) is 7.27. The highest BCUT2D eigenvalue weighted by Gasteiger charge is 2.31. The lowest BCUT2D eigenvalue weighted by Crippen LogP contribution is -2.39. The Kier molecular flexibility index (Phi) is 4.63. The standard InChI is InChI=1S/C16H19N2O2S2/c17-11-15-8-9-16(21-15)22(19,20)18-10-4-7-14(12-18)13-5-2-1-3-6-13/h1-6,8-9,14H,7,10-12,17H2/t14-/m1/s1. The molecule has 0 saturated carbocycles. The average Bonchev–Trinajstić information content (AvgIpc) is 3.06. The van der Waals surface area contributed by atoms with E-state index in [-0.39, 0.29) is 5.92 Å². The number of benzene rings is 1. The van der Waals surface area contributed by atoms with E-state index in [0.29, 0.717) is 23.8 Å². The maximum atomic E-state index is 12.8. The van der Waals surface area contributed by atoms with Gasteiger partial charge in [-0.2, -0.15) is 4.31 Å². The summed E-state index contributed by atoms with van der Waals surface area (Å²) in [6.45, 7) is 1.37. The predicted octanol–water partition coefficient (Wildman–Crippen LogP) is 2.59. The third-order valence-electron chi connectivity index (χ3n) is 3.91. The van der Waals surface area contributed by atoms with Crippen LogP contribution in [0.15, 0.2) is 46.7 Å². The van der Waals surface area contributed by atoms with E-state index in [1.807, 2.05) is 18.2 Å². The van der Waals surface area contributed by atoms with E-state index in [9.17, 15) is 8.42 Å². The first-order valence-corrected chi connectivity index (χ1v) is 9.52. The van der Waals surface area contributed by atoms with Crippen molar-refractivity contribution in [2.75, 3.05) is 13.1 Å². The number of thiophene rings is 1. The molecule has 2 heterocycles. The fraction of sp³-hybridized carbons (Fsp3) is 0.312. The molecule has 2 aromatic rings. The van der Waals surface area contributed by atoms with Crippen LogP contribution < -0.4 is 5.73 Å². The van der Waals surface area contributed by atoms with Crippen molar-refractivity contribution in [2.24, 2.45) is 5.73 Å². The Balaban J connectivity index is 1.82. The highest BCUT2D eigenvalue weighted by Crippen LogP contribution is 2.31. The fourth-order valence-corrected chi connectivity index (χ4v) is 5.56. The van der Waals surface area contributed by atoms with Gasteiger partial charge in [0.15, 0.2) is 0 Å². The summed E-state index contributed by atoms with van der Waals surface area (Å²) in [5.41, 5.74) is 6.77. The van der Waals surface area contributed by atoms with Crippen molar-refractivity contribution in [1.82, 2.24) is 4.31 Å². The first kappa shape index (κ1) is 15.7. The van der Waals surface area contributed by atoms with Gasteiger partial charge in [0.25, 0.3) is 10.0 Å². The van der Waals surface area contributed by atoms with Gasteiger partial charge in [-0.25, -0.2) is 8.42 Å². The summed E-state index contributed by atoms with van der Waals surface area (Å²) >= 11 is 1.26. The summed E-state index contributed by atoms with van der Waals surface area (Å²) in [6.07, 6.45) is 2.96. The third-order valence-corrected chi connectivity index (χ3v) is 7.32. The molecule has 6 heteroatoms. The Bertz CT molecular complexity index is 726. The molecule has 0 unspecified atom stereocenters. The van der Waals surface area contributed by atoms with Gasteiger partial charge in [-0.05, 0) is 36.5 Å². The van der Waals surface area contributed by atoms with Crippen molar-refractivity contribution in [3.63, 3.8) is 0 Å². The van der Waals surface area contributed by atoms with Gasteiger partial charge in [0.05, 0.1) is 0 Å². The molecule has 0 aliphatic carbocycles. The van der Waals surface area contributed by atoms with Gasteiger partial charge in [-0.1, -0.05) is 30.3 Å². The number of hydrogen-bond donors (Lipinski definition) is 1. The van der Waals surface area contributed by atoms with Crippen molar-refractivity contribution in [3.05, 3.63) is 59.3 Å². The smallest absolute Gasteiger partial charge is 0.252 e. The lowest BCUT2D eigenvalue weighted by atomic mass is 9.92. The lowest BCUT2D eigenvalue weighted by molar-refractivity contribution is 0.361. The van der Waals surface area contributed by atoms with Gasteiger partial charge >= 0.3 is 0 Å².